The molecule has 25 heavy (non-hydrogen) atoms. The quantitative estimate of drug-likeness (QED) is 0.805. The number of aryl methyl sites for hydroxylation is 1. The fraction of sp³-hybridized carbons (Fsp3) is 0.333. The SMILES string of the molecule is CCC(=O)c1ccc(OCC(=O)Nc2cccc3c2CCCC3)cc1. The summed E-state index contributed by atoms with van der Waals surface area (Å²) in [6.45, 7) is 1.78. The maximum Gasteiger partial charge on any atom is 0.262 e. The molecular weight excluding hydrogens is 314 g/mol. The Bertz CT molecular complexity index is 765. The second-order valence-corrected chi connectivity index (χ2v) is 6.29. The fourth-order valence-electron chi connectivity index (χ4n) is 3.17. The van der Waals surface area contributed by atoms with E-state index in [2.05, 4.69) is 11.4 Å². The predicted octanol–water partition coefficient (Wildman–Crippen LogP) is 4.18. The van der Waals surface area contributed by atoms with Crippen LogP contribution in [0, 0.1) is 0 Å². The number of carbonyl (C=O) groups is 2. The zero-order valence-electron chi connectivity index (χ0n) is 14.5. The van der Waals surface area contributed by atoms with Crippen LogP contribution in [0.1, 0.15) is 47.7 Å². The van der Waals surface area contributed by atoms with E-state index in [0.717, 1.165) is 18.5 Å². The first-order valence-corrected chi connectivity index (χ1v) is 8.84. The van der Waals surface area contributed by atoms with E-state index in [1.807, 2.05) is 19.1 Å². The lowest BCUT2D eigenvalue weighted by Gasteiger charge is -2.19. The largest absolute Gasteiger partial charge is 0.484 e. The highest BCUT2D eigenvalue weighted by molar-refractivity contribution is 5.96. The molecule has 0 heterocycles. The first-order valence-electron chi connectivity index (χ1n) is 8.84. The highest BCUT2D eigenvalue weighted by atomic mass is 16.5. The van der Waals surface area contributed by atoms with Gasteiger partial charge in [-0.25, -0.2) is 0 Å². The molecule has 0 aromatic heterocycles. The Morgan fingerprint density at radius 3 is 2.56 bits per heavy atom. The monoisotopic (exact) mass is 337 g/mol. The van der Waals surface area contributed by atoms with Crippen molar-refractivity contribution in [3.8, 4) is 5.75 Å². The van der Waals surface area contributed by atoms with E-state index >= 15 is 0 Å². The Hall–Kier alpha value is -2.62. The van der Waals surface area contributed by atoms with Gasteiger partial charge in [0, 0.05) is 17.7 Å². The molecular formula is C21H23NO3. The van der Waals surface area contributed by atoms with Gasteiger partial charge in [-0.2, -0.15) is 0 Å². The van der Waals surface area contributed by atoms with Gasteiger partial charge in [-0.1, -0.05) is 19.1 Å². The van der Waals surface area contributed by atoms with Crippen LogP contribution in [0.4, 0.5) is 5.69 Å². The van der Waals surface area contributed by atoms with E-state index in [4.69, 9.17) is 4.74 Å². The number of fused-ring (bicyclic) bond motifs is 1. The van der Waals surface area contributed by atoms with Gasteiger partial charge in [-0.05, 0) is 67.1 Å². The van der Waals surface area contributed by atoms with Crippen LogP contribution in [0.25, 0.3) is 0 Å². The molecule has 0 saturated heterocycles. The molecule has 4 nitrogen and oxygen atoms in total. The number of amides is 1. The summed E-state index contributed by atoms with van der Waals surface area (Å²) < 4.78 is 5.53. The maximum absolute atomic E-state index is 12.2. The lowest BCUT2D eigenvalue weighted by molar-refractivity contribution is -0.118. The van der Waals surface area contributed by atoms with Gasteiger partial charge in [0.05, 0.1) is 0 Å². The van der Waals surface area contributed by atoms with Gasteiger partial charge < -0.3 is 10.1 Å². The number of anilines is 1. The third kappa shape index (κ3) is 4.27. The molecule has 1 aliphatic rings. The number of rotatable bonds is 6. The molecule has 2 aromatic carbocycles. The summed E-state index contributed by atoms with van der Waals surface area (Å²) in [6.07, 6.45) is 4.95. The summed E-state index contributed by atoms with van der Waals surface area (Å²) in [7, 11) is 0. The van der Waals surface area contributed by atoms with Crippen LogP contribution in [-0.2, 0) is 17.6 Å². The minimum absolute atomic E-state index is 0.0509. The summed E-state index contributed by atoms with van der Waals surface area (Å²) in [6, 6.07) is 13.0. The highest BCUT2D eigenvalue weighted by Crippen LogP contribution is 2.27. The predicted molar refractivity (Wildman–Crippen MR) is 98.3 cm³/mol. The number of hydrogen-bond donors (Lipinski definition) is 1. The molecule has 1 amide bonds. The smallest absolute Gasteiger partial charge is 0.262 e. The van der Waals surface area contributed by atoms with Crippen molar-refractivity contribution in [2.45, 2.75) is 39.0 Å². The molecule has 0 fully saturated rings. The van der Waals surface area contributed by atoms with Gasteiger partial charge in [-0.3, -0.25) is 9.59 Å². The molecule has 0 radical (unpaired) electrons. The fourth-order valence-corrected chi connectivity index (χ4v) is 3.17. The lowest BCUT2D eigenvalue weighted by atomic mass is 9.90. The lowest BCUT2D eigenvalue weighted by Crippen LogP contribution is -2.21. The van der Waals surface area contributed by atoms with Crippen molar-refractivity contribution in [2.75, 3.05) is 11.9 Å². The molecule has 0 atom stereocenters. The first-order chi connectivity index (χ1) is 12.2. The van der Waals surface area contributed by atoms with Gasteiger partial charge in [0.2, 0.25) is 0 Å². The van der Waals surface area contributed by atoms with E-state index in [0.29, 0.717) is 17.7 Å². The molecule has 3 rings (SSSR count). The molecule has 0 bridgehead atoms. The van der Waals surface area contributed by atoms with Crippen molar-refractivity contribution >= 4 is 17.4 Å². The number of ether oxygens (including phenoxy) is 1. The molecule has 4 heteroatoms. The van der Waals surface area contributed by atoms with Crippen LogP contribution < -0.4 is 10.1 Å². The van der Waals surface area contributed by atoms with Crippen molar-refractivity contribution in [3.05, 3.63) is 59.2 Å². The number of carbonyl (C=O) groups excluding carboxylic acids is 2. The van der Waals surface area contributed by atoms with Crippen molar-refractivity contribution in [1.29, 1.82) is 0 Å². The Labute approximate surface area is 148 Å². The number of Topliss-reactive ketones (excluding diaryl/α,β-unsaturated/α-hetero) is 1. The van der Waals surface area contributed by atoms with Gasteiger partial charge in [0.1, 0.15) is 5.75 Å². The number of ketones is 1. The summed E-state index contributed by atoms with van der Waals surface area (Å²) in [5, 5.41) is 2.96. The van der Waals surface area contributed by atoms with Gasteiger partial charge in [0.15, 0.2) is 12.4 Å². The second kappa shape index (κ2) is 7.97. The third-order valence-electron chi connectivity index (χ3n) is 4.54. The Morgan fingerprint density at radius 1 is 1.04 bits per heavy atom. The van der Waals surface area contributed by atoms with Crippen LogP contribution in [0.15, 0.2) is 42.5 Å². The van der Waals surface area contributed by atoms with Gasteiger partial charge in [-0.15, -0.1) is 0 Å². The summed E-state index contributed by atoms with van der Waals surface area (Å²) in [4.78, 5) is 23.8. The minimum Gasteiger partial charge on any atom is -0.484 e. The van der Waals surface area contributed by atoms with Gasteiger partial charge in [0.25, 0.3) is 5.91 Å². The van der Waals surface area contributed by atoms with E-state index in [1.165, 1.54) is 24.0 Å². The van der Waals surface area contributed by atoms with Crippen LogP contribution in [-0.4, -0.2) is 18.3 Å². The normalized spacial score (nSPS) is 13.0. The van der Waals surface area contributed by atoms with Crippen molar-refractivity contribution in [2.24, 2.45) is 0 Å². The minimum atomic E-state index is -0.173. The van der Waals surface area contributed by atoms with Crippen molar-refractivity contribution in [1.82, 2.24) is 0 Å². The van der Waals surface area contributed by atoms with Crippen LogP contribution in [0.3, 0.4) is 0 Å². The van der Waals surface area contributed by atoms with Crippen LogP contribution in [0.5, 0.6) is 5.75 Å². The number of hydrogen-bond acceptors (Lipinski definition) is 3. The molecule has 130 valence electrons. The van der Waals surface area contributed by atoms with Crippen molar-refractivity contribution in [3.63, 3.8) is 0 Å². The number of nitrogens with one attached hydrogen (secondary N) is 1. The Morgan fingerprint density at radius 2 is 1.80 bits per heavy atom. The molecule has 0 unspecified atom stereocenters. The van der Waals surface area contributed by atoms with E-state index in [9.17, 15) is 9.59 Å². The van der Waals surface area contributed by atoms with Crippen LogP contribution in [0.2, 0.25) is 0 Å². The van der Waals surface area contributed by atoms with E-state index in [1.54, 1.807) is 24.3 Å². The number of benzene rings is 2. The molecule has 1 N–H and O–H groups in total. The van der Waals surface area contributed by atoms with E-state index in [-0.39, 0.29) is 18.3 Å². The van der Waals surface area contributed by atoms with Crippen LogP contribution >= 0.6 is 0 Å². The van der Waals surface area contributed by atoms with E-state index < -0.39 is 0 Å². The molecule has 0 aliphatic heterocycles. The second-order valence-electron chi connectivity index (χ2n) is 6.29. The summed E-state index contributed by atoms with van der Waals surface area (Å²) in [5.41, 5.74) is 4.15. The highest BCUT2D eigenvalue weighted by Gasteiger charge is 2.14. The summed E-state index contributed by atoms with van der Waals surface area (Å²) in [5.74, 6) is 0.503. The zero-order valence-corrected chi connectivity index (χ0v) is 14.5. The average Bonchev–Trinajstić information content (AvgIpc) is 2.66. The van der Waals surface area contributed by atoms with Crippen molar-refractivity contribution < 1.29 is 14.3 Å². The standard InChI is InChI=1S/C21H23NO3/c1-2-20(23)16-10-12-17(13-11-16)25-14-21(24)22-19-9-5-7-15-6-3-4-8-18(15)19/h5,7,9-13H,2-4,6,8,14H2,1H3,(H,22,24). The zero-order chi connectivity index (χ0) is 17.6. The maximum atomic E-state index is 12.2. The average molecular weight is 337 g/mol. The van der Waals surface area contributed by atoms with Gasteiger partial charge >= 0.3 is 0 Å². The molecule has 0 saturated carbocycles. The molecule has 1 aliphatic carbocycles. The third-order valence-corrected chi connectivity index (χ3v) is 4.54. The topological polar surface area (TPSA) is 55.4 Å². The summed E-state index contributed by atoms with van der Waals surface area (Å²) >= 11 is 0. The Balaban J connectivity index is 1.57. The Kier molecular flexibility index (Phi) is 5.49. The first kappa shape index (κ1) is 17.2. The molecule has 0 spiro atoms. The molecule has 2 aromatic rings.